The van der Waals surface area contributed by atoms with Crippen LogP contribution in [0.3, 0.4) is 0 Å². The van der Waals surface area contributed by atoms with E-state index >= 15 is 0 Å². The number of benzene rings is 1. The van der Waals surface area contributed by atoms with Crippen molar-refractivity contribution in [2.45, 2.75) is 27.7 Å². The first-order chi connectivity index (χ1) is 7.25. The average Bonchev–Trinajstić information content (AvgIpc) is 2.34. The Labute approximate surface area is 90.1 Å². The third-order valence-electron chi connectivity index (χ3n) is 1.26. The molecule has 0 N–H and O–H groups in total. The first-order valence-electron chi connectivity index (χ1n) is 4.94. The molecule has 1 rings (SSSR count). The molecular weight excluding hydrogens is 194 g/mol. The van der Waals surface area contributed by atoms with Gasteiger partial charge in [-0.1, -0.05) is 39.8 Å². The lowest BCUT2D eigenvalue weighted by molar-refractivity contribution is -0.385. The Morgan fingerprint density at radius 3 is 1.93 bits per heavy atom. The number of rotatable bonds is 2. The quantitative estimate of drug-likeness (QED) is 0.427. The lowest BCUT2D eigenvalue weighted by Gasteiger charge is -1.91. The molecule has 0 aliphatic carbocycles. The van der Waals surface area contributed by atoms with Crippen molar-refractivity contribution in [3.8, 4) is 0 Å². The van der Waals surface area contributed by atoms with Crippen molar-refractivity contribution in [1.82, 2.24) is 0 Å². The lowest BCUT2D eigenvalue weighted by Crippen LogP contribution is -1.92. The van der Waals surface area contributed by atoms with Crippen LogP contribution in [-0.2, 0) is 0 Å². The monoisotopic (exact) mass is 211 g/mol. The first-order valence-corrected chi connectivity index (χ1v) is 4.94. The Bertz CT molecular complexity index is 298. The fraction of sp³-hybridized carbons (Fsp3) is 0.364. The molecule has 0 amide bonds. The molecule has 0 fully saturated rings. The number of carbonyl (C=O) groups excluding carboxylic acids is 1. The minimum atomic E-state index is -0.580. The highest BCUT2D eigenvalue weighted by atomic mass is 16.6. The number of nitro benzene ring substituents is 1. The van der Waals surface area contributed by atoms with Gasteiger partial charge in [-0.05, 0) is 6.07 Å². The van der Waals surface area contributed by atoms with E-state index in [2.05, 4.69) is 0 Å². The highest BCUT2D eigenvalue weighted by Crippen LogP contribution is 2.14. The van der Waals surface area contributed by atoms with E-state index < -0.39 is 4.92 Å². The molecule has 1 aromatic carbocycles. The summed E-state index contributed by atoms with van der Waals surface area (Å²) in [5.41, 5.74) is -0.0417. The van der Waals surface area contributed by atoms with Crippen molar-refractivity contribution in [2.75, 3.05) is 0 Å². The molecule has 0 aromatic heterocycles. The molecule has 0 saturated carbocycles. The van der Waals surface area contributed by atoms with Crippen LogP contribution >= 0.6 is 0 Å². The van der Waals surface area contributed by atoms with Crippen LogP contribution in [0.25, 0.3) is 0 Å². The molecule has 0 radical (unpaired) electrons. The van der Waals surface area contributed by atoms with Crippen LogP contribution in [0.2, 0.25) is 0 Å². The van der Waals surface area contributed by atoms with Gasteiger partial charge < -0.3 is 0 Å². The third-order valence-corrected chi connectivity index (χ3v) is 1.26. The van der Waals surface area contributed by atoms with E-state index in [4.69, 9.17) is 0 Å². The van der Waals surface area contributed by atoms with Gasteiger partial charge in [-0.15, -0.1) is 0 Å². The fourth-order valence-corrected chi connectivity index (χ4v) is 0.753. The summed E-state index contributed by atoms with van der Waals surface area (Å²) in [7, 11) is 0. The molecular formula is C11H17NO3. The van der Waals surface area contributed by atoms with Crippen molar-refractivity contribution in [2.24, 2.45) is 0 Å². The second kappa shape index (κ2) is 10.4. The smallest absolute Gasteiger partial charge is 0.279 e. The van der Waals surface area contributed by atoms with E-state index in [1.165, 1.54) is 18.2 Å². The molecule has 0 unspecified atom stereocenters. The number of para-hydroxylation sites is 1. The zero-order valence-electron chi connectivity index (χ0n) is 9.56. The highest BCUT2D eigenvalue weighted by Gasteiger charge is 2.09. The second-order valence-electron chi connectivity index (χ2n) is 1.93. The molecule has 0 heterocycles. The zero-order chi connectivity index (χ0) is 12.3. The molecule has 0 aliphatic rings. The largest absolute Gasteiger partial charge is 0.298 e. The van der Waals surface area contributed by atoms with Crippen LogP contribution in [-0.4, -0.2) is 11.2 Å². The third kappa shape index (κ3) is 5.57. The standard InChI is InChI=1S/C7H5NO3.2C2H6/c9-5-6-3-1-2-4-7(6)8(10)11;2*1-2/h1-5H;2*1-2H3. The minimum Gasteiger partial charge on any atom is -0.298 e. The summed E-state index contributed by atoms with van der Waals surface area (Å²) in [5.74, 6) is 0. The van der Waals surface area contributed by atoms with Crippen LogP contribution in [0, 0.1) is 10.1 Å². The predicted molar refractivity (Wildman–Crippen MR) is 61.2 cm³/mol. The lowest BCUT2D eigenvalue weighted by atomic mass is 10.2. The van der Waals surface area contributed by atoms with Crippen LogP contribution < -0.4 is 0 Å². The van der Waals surface area contributed by atoms with E-state index in [-0.39, 0.29) is 11.3 Å². The van der Waals surface area contributed by atoms with Gasteiger partial charge in [0.15, 0.2) is 6.29 Å². The molecule has 0 bridgehead atoms. The maximum atomic E-state index is 10.2. The summed E-state index contributed by atoms with van der Waals surface area (Å²) in [6.07, 6.45) is 0.470. The van der Waals surface area contributed by atoms with E-state index in [0.717, 1.165) is 0 Å². The normalized spacial score (nSPS) is 7.47. The molecule has 0 saturated heterocycles. The van der Waals surface area contributed by atoms with Crippen molar-refractivity contribution >= 4 is 12.0 Å². The molecule has 0 aliphatic heterocycles. The number of aldehydes is 1. The van der Waals surface area contributed by atoms with Gasteiger partial charge in [-0.25, -0.2) is 0 Å². The van der Waals surface area contributed by atoms with Gasteiger partial charge >= 0.3 is 0 Å². The second-order valence-corrected chi connectivity index (χ2v) is 1.93. The van der Waals surface area contributed by atoms with E-state index in [1.807, 2.05) is 27.7 Å². The number of carbonyl (C=O) groups is 1. The summed E-state index contributed by atoms with van der Waals surface area (Å²) in [4.78, 5) is 19.9. The van der Waals surface area contributed by atoms with E-state index in [9.17, 15) is 14.9 Å². The van der Waals surface area contributed by atoms with Gasteiger partial charge in [0, 0.05) is 6.07 Å². The van der Waals surface area contributed by atoms with Gasteiger partial charge in [0.25, 0.3) is 5.69 Å². The van der Waals surface area contributed by atoms with Crippen LogP contribution in [0.4, 0.5) is 5.69 Å². The molecule has 15 heavy (non-hydrogen) atoms. The van der Waals surface area contributed by atoms with Gasteiger partial charge in [0.1, 0.15) is 0 Å². The molecule has 4 nitrogen and oxygen atoms in total. The Hall–Kier alpha value is -1.71. The average molecular weight is 211 g/mol. The van der Waals surface area contributed by atoms with Gasteiger partial charge in [-0.3, -0.25) is 14.9 Å². The minimum absolute atomic E-state index is 0.109. The van der Waals surface area contributed by atoms with Gasteiger partial charge in [-0.2, -0.15) is 0 Å². The molecule has 0 atom stereocenters. The van der Waals surface area contributed by atoms with Crippen molar-refractivity contribution in [3.63, 3.8) is 0 Å². The summed E-state index contributed by atoms with van der Waals surface area (Å²) in [6, 6.07) is 5.80. The summed E-state index contributed by atoms with van der Waals surface area (Å²) >= 11 is 0. The number of nitrogens with zero attached hydrogens (tertiary/aromatic N) is 1. The maximum Gasteiger partial charge on any atom is 0.279 e. The van der Waals surface area contributed by atoms with Crippen LogP contribution in [0.5, 0.6) is 0 Å². The van der Waals surface area contributed by atoms with E-state index in [0.29, 0.717) is 6.29 Å². The molecule has 0 spiro atoms. The number of nitro groups is 1. The zero-order valence-corrected chi connectivity index (χ0v) is 9.56. The number of hydrogen-bond donors (Lipinski definition) is 0. The maximum absolute atomic E-state index is 10.2. The molecule has 4 heteroatoms. The van der Waals surface area contributed by atoms with Gasteiger partial charge in [0.2, 0.25) is 0 Å². The first kappa shape index (κ1) is 15.7. The van der Waals surface area contributed by atoms with Gasteiger partial charge in [0.05, 0.1) is 10.5 Å². The topological polar surface area (TPSA) is 60.2 Å². The predicted octanol–water partition coefficient (Wildman–Crippen LogP) is 3.46. The van der Waals surface area contributed by atoms with Crippen LogP contribution in [0.15, 0.2) is 24.3 Å². The Kier molecular flexibility index (Phi) is 10.9. The fourth-order valence-electron chi connectivity index (χ4n) is 0.753. The summed E-state index contributed by atoms with van der Waals surface area (Å²) < 4.78 is 0. The van der Waals surface area contributed by atoms with E-state index in [1.54, 1.807) is 6.07 Å². The van der Waals surface area contributed by atoms with Crippen molar-refractivity contribution in [3.05, 3.63) is 39.9 Å². The summed E-state index contributed by atoms with van der Waals surface area (Å²) in [6.45, 7) is 8.00. The highest BCUT2D eigenvalue weighted by molar-refractivity contribution is 5.81. The summed E-state index contributed by atoms with van der Waals surface area (Å²) in [5, 5.41) is 10.2. The van der Waals surface area contributed by atoms with Crippen molar-refractivity contribution < 1.29 is 9.72 Å². The Balaban J connectivity index is 0. The Morgan fingerprint density at radius 1 is 1.13 bits per heavy atom. The molecule has 1 aromatic rings. The molecule has 84 valence electrons. The number of hydrogen-bond acceptors (Lipinski definition) is 3. The van der Waals surface area contributed by atoms with Crippen LogP contribution in [0.1, 0.15) is 38.1 Å². The SMILES string of the molecule is CC.CC.O=Cc1ccccc1[N+](=O)[O-]. The Morgan fingerprint density at radius 2 is 1.60 bits per heavy atom. The van der Waals surface area contributed by atoms with Crippen molar-refractivity contribution in [1.29, 1.82) is 0 Å².